The van der Waals surface area contributed by atoms with E-state index >= 15 is 0 Å². The first-order valence-electron chi connectivity index (χ1n) is 7.30. The van der Waals surface area contributed by atoms with Gasteiger partial charge in [-0.1, -0.05) is 42.1 Å². The van der Waals surface area contributed by atoms with Gasteiger partial charge in [-0.25, -0.2) is 5.43 Å². The van der Waals surface area contributed by atoms with E-state index < -0.39 is 0 Å². The van der Waals surface area contributed by atoms with Gasteiger partial charge in [0.05, 0.1) is 17.7 Å². The van der Waals surface area contributed by atoms with Crippen LogP contribution in [0.4, 0.5) is 0 Å². The average molecular weight is 354 g/mol. The lowest BCUT2D eigenvalue weighted by atomic mass is 10.2. The molecule has 1 amide bonds. The second-order valence-electron chi connectivity index (χ2n) is 4.85. The number of thioether (sulfide) groups is 1. The minimum atomic E-state index is -0.306. The summed E-state index contributed by atoms with van der Waals surface area (Å²) < 4.78 is 1.56. The standard InChI is InChI=1S/C16H14N6O2S/c23-14-9-5-4-6-12(14)10-17-18-15(24)11-25-16-19-20-21-22(16)13-7-2-1-3-8-13/h1-10,23H,11H2,(H,18,24)/b17-10-. The van der Waals surface area contributed by atoms with Crippen molar-refractivity contribution in [2.45, 2.75) is 5.16 Å². The zero-order chi connectivity index (χ0) is 17.5. The van der Waals surface area contributed by atoms with E-state index in [2.05, 4.69) is 26.1 Å². The highest BCUT2D eigenvalue weighted by molar-refractivity contribution is 7.99. The van der Waals surface area contributed by atoms with E-state index in [4.69, 9.17) is 0 Å². The molecule has 0 spiro atoms. The average Bonchev–Trinajstić information content (AvgIpc) is 3.11. The number of carbonyl (C=O) groups excluding carboxylic acids is 1. The van der Waals surface area contributed by atoms with Crippen molar-refractivity contribution in [2.24, 2.45) is 5.10 Å². The third kappa shape index (κ3) is 4.42. The highest BCUT2D eigenvalue weighted by atomic mass is 32.2. The predicted octanol–water partition coefficient (Wildman–Crippen LogP) is 1.61. The number of tetrazole rings is 1. The Morgan fingerprint density at radius 3 is 2.76 bits per heavy atom. The molecule has 126 valence electrons. The Hall–Kier alpha value is -3.20. The molecule has 0 unspecified atom stereocenters. The van der Waals surface area contributed by atoms with Crippen molar-refractivity contribution < 1.29 is 9.90 Å². The van der Waals surface area contributed by atoms with Gasteiger partial charge < -0.3 is 5.11 Å². The quantitative estimate of drug-likeness (QED) is 0.396. The molecule has 8 nitrogen and oxygen atoms in total. The zero-order valence-electron chi connectivity index (χ0n) is 13.0. The lowest BCUT2D eigenvalue weighted by Gasteiger charge is -2.03. The Morgan fingerprint density at radius 1 is 1.20 bits per heavy atom. The molecule has 9 heteroatoms. The number of nitrogens with zero attached hydrogens (tertiary/aromatic N) is 5. The van der Waals surface area contributed by atoms with Gasteiger partial charge >= 0.3 is 0 Å². The number of phenolic OH excluding ortho intramolecular Hbond substituents is 1. The molecular formula is C16H14N6O2S. The molecule has 0 fully saturated rings. The van der Waals surface area contributed by atoms with Crippen molar-refractivity contribution >= 4 is 23.9 Å². The topological polar surface area (TPSA) is 105 Å². The number of nitrogens with one attached hydrogen (secondary N) is 1. The summed E-state index contributed by atoms with van der Waals surface area (Å²) in [4.78, 5) is 11.9. The normalized spacial score (nSPS) is 10.9. The van der Waals surface area contributed by atoms with Crippen LogP contribution in [0.3, 0.4) is 0 Å². The van der Waals surface area contributed by atoms with Gasteiger partial charge in [0.15, 0.2) is 0 Å². The van der Waals surface area contributed by atoms with Crippen LogP contribution in [-0.2, 0) is 4.79 Å². The number of hydrogen-bond acceptors (Lipinski definition) is 7. The molecule has 25 heavy (non-hydrogen) atoms. The van der Waals surface area contributed by atoms with Crippen LogP contribution in [0.2, 0.25) is 0 Å². The van der Waals surface area contributed by atoms with Crippen LogP contribution < -0.4 is 5.43 Å². The fourth-order valence-electron chi connectivity index (χ4n) is 1.93. The monoisotopic (exact) mass is 354 g/mol. The molecule has 0 saturated heterocycles. The number of aromatic nitrogens is 4. The number of hydrogen-bond donors (Lipinski definition) is 2. The minimum Gasteiger partial charge on any atom is -0.507 e. The van der Waals surface area contributed by atoms with Gasteiger partial charge in [0, 0.05) is 5.56 Å². The molecule has 0 aliphatic carbocycles. The first-order valence-corrected chi connectivity index (χ1v) is 8.29. The molecule has 1 aromatic heterocycles. The van der Waals surface area contributed by atoms with E-state index in [-0.39, 0.29) is 17.4 Å². The van der Waals surface area contributed by atoms with E-state index in [9.17, 15) is 9.90 Å². The SMILES string of the molecule is O=C(CSc1nnnn1-c1ccccc1)N/N=C\c1ccccc1O. The van der Waals surface area contributed by atoms with Crippen LogP contribution in [0.25, 0.3) is 5.69 Å². The van der Waals surface area contributed by atoms with Crippen molar-refractivity contribution in [1.82, 2.24) is 25.6 Å². The summed E-state index contributed by atoms with van der Waals surface area (Å²) in [5, 5.41) is 25.4. The molecule has 3 rings (SSSR count). The highest BCUT2D eigenvalue weighted by Crippen LogP contribution is 2.17. The van der Waals surface area contributed by atoms with E-state index in [0.717, 1.165) is 5.69 Å². The van der Waals surface area contributed by atoms with Crippen LogP contribution in [0, 0.1) is 0 Å². The third-order valence-corrected chi connectivity index (χ3v) is 4.02. The summed E-state index contributed by atoms with van der Waals surface area (Å²) in [5.74, 6) is -0.109. The molecule has 0 radical (unpaired) electrons. The van der Waals surface area contributed by atoms with Gasteiger partial charge in [-0.3, -0.25) is 4.79 Å². The number of para-hydroxylation sites is 2. The van der Waals surface area contributed by atoms with Gasteiger partial charge in [-0.05, 0) is 34.7 Å². The van der Waals surface area contributed by atoms with Crippen LogP contribution in [-0.4, -0.2) is 43.2 Å². The van der Waals surface area contributed by atoms with Crippen LogP contribution in [0.15, 0.2) is 64.9 Å². The number of benzene rings is 2. The zero-order valence-corrected chi connectivity index (χ0v) is 13.8. The number of rotatable bonds is 6. The van der Waals surface area contributed by atoms with Gasteiger partial charge in [0.2, 0.25) is 5.16 Å². The molecule has 0 bridgehead atoms. The van der Waals surface area contributed by atoms with Crippen molar-refractivity contribution in [3.8, 4) is 11.4 Å². The van der Waals surface area contributed by atoms with Crippen LogP contribution in [0.5, 0.6) is 5.75 Å². The number of hydrazone groups is 1. The number of phenols is 1. The van der Waals surface area contributed by atoms with Gasteiger partial charge in [0.1, 0.15) is 5.75 Å². The molecule has 1 heterocycles. The molecule has 0 aliphatic heterocycles. The van der Waals surface area contributed by atoms with Crippen LogP contribution >= 0.6 is 11.8 Å². The second-order valence-corrected chi connectivity index (χ2v) is 5.79. The van der Waals surface area contributed by atoms with Gasteiger partial charge in [-0.2, -0.15) is 9.78 Å². The maximum Gasteiger partial charge on any atom is 0.250 e. The molecular weight excluding hydrogens is 340 g/mol. The fourth-order valence-corrected chi connectivity index (χ4v) is 2.62. The largest absolute Gasteiger partial charge is 0.507 e. The summed E-state index contributed by atoms with van der Waals surface area (Å²) in [5.41, 5.74) is 3.73. The molecule has 3 aromatic rings. The van der Waals surface area contributed by atoms with E-state index in [1.165, 1.54) is 18.0 Å². The summed E-state index contributed by atoms with van der Waals surface area (Å²) in [7, 11) is 0. The van der Waals surface area contributed by atoms with E-state index in [1.54, 1.807) is 28.9 Å². The van der Waals surface area contributed by atoms with Crippen molar-refractivity contribution in [3.05, 3.63) is 60.2 Å². The summed E-state index contributed by atoms with van der Waals surface area (Å²) in [6.45, 7) is 0. The van der Waals surface area contributed by atoms with Crippen LogP contribution in [0.1, 0.15) is 5.56 Å². The summed E-state index contributed by atoms with van der Waals surface area (Å²) in [6, 6.07) is 16.1. The van der Waals surface area contributed by atoms with E-state index in [1.807, 2.05) is 30.3 Å². The minimum absolute atomic E-state index is 0.0944. The third-order valence-electron chi connectivity index (χ3n) is 3.10. The smallest absolute Gasteiger partial charge is 0.250 e. The predicted molar refractivity (Wildman–Crippen MR) is 93.7 cm³/mol. The Kier molecular flexibility index (Phi) is 5.37. The first kappa shape index (κ1) is 16.7. The lowest BCUT2D eigenvalue weighted by molar-refractivity contribution is -0.118. The Morgan fingerprint density at radius 2 is 1.96 bits per heavy atom. The Balaban J connectivity index is 1.55. The molecule has 2 N–H and O–H groups in total. The first-order chi connectivity index (χ1) is 12.2. The Bertz CT molecular complexity index is 881. The maximum atomic E-state index is 11.9. The second kappa shape index (κ2) is 8.06. The molecule has 0 aliphatic rings. The fraction of sp³-hybridized carbons (Fsp3) is 0.0625. The maximum absolute atomic E-state index is 11.9. The molecule has 2 aromatic carbocycles. The summed E-state index contributed by atoms with van der Waals surface area (Å²) in [6.07, 6.45) is 1.38. The number of amides is 1. The van der Waals surface area contributed by atoms with Gasteiger partial charge in [0.25, 0.3) is 5.91 Å². The Labute approximate surface area is 147 Å². The van der Waals surface area contributed by atoms with Crippen molar-refractivity contribution in [2.75, 3.05) is 5.75 Å². The molecule has 0 saturated carbocycles. The van der Waals surface area contributed by atoms with Crippen molar-refractivity contribution in [1.29, 1.82) is 0 Å². The lowest BCUT2D eigenvalue weighted by Crippen LogP contribution is -2.20. The van der Waals surface area contributed by atoms with Crippen molar-refractivity contribution in [3.63, 3.8) is 0 Å². The van der Waals surface area contributed by atoms with Gasteiger partial charge in [-0.15, -0.1) is 5.10 Å². The highest BCUT2D eigenvalue weighted by Gasteiger charge is 2.10. The molecule has 0 atom stereocenters. The van der Waals surface area contributed by atoms with E-state index in [0.29, 0.717) is 10.7 Å². The number of carbonyl (C=O) groups is 1. The number of aromatic hydroxyl groups is 1. The summed E-state index contributed by atoms with van der Waals surface area (Å²) >= 11 is 1.20.